The van der Waals surface area contributed by atoms with E-state index in [-0.39, 0.29) is 22.0 Å². The highest BCUT2D eigenvalue weighted by Gasteiger charge is 2.18. The summed E-state index contributed by atoms with van der Waals surface area (Å²) in [4.78, 5) is 18.8. The zero-order valence-electron chi connectivity index (χ0n) is 15.1. The molecular formula is C20H9BrClF2N3O4. The van der Waals surface area contributed by atoms with E-state index in [1.54, 1.807) is 18.2 Å². The number of nitro groups is 1. The Labute approximate surface area is 185 Å². The number of aromatic nitrogens is 1. The van der Waals surface area contributed by atoms with Gasteiger partial charge in [0, 0.05) is 22.3 Å². The number of aliphatic imine (C=N–C) groups is 1. The third-order valence-corrected chi connectivity index (χ3v) is 5.02. The van der Waals surface area contributed by atoms with Crippen molar-refractivity contribution in [2.75, 3.05) is 0 Å². The minimum absolute atomic E-state index is 0.000267. The zero-order chi connectivity index (χ0) is 22.3. The van der Waals surface area contributed by atoms with Crippen LogP contribution < -0.4 is 0 Å². The number of fused-ring (bicyclic) bond motifs is 1. The molecule has 0 amide bonds. The number of nitrogens with zero attached hydrogens (tertiary/aromatic N) is 3. The first-order valence-electron chi connectivity index (χ1n) is 8.49. The number of aromatic hydroxyl groups is 1. The Morgan fingerprint density at radius 1 is 1.19 bits per heavy atom. The maximum absolute atomic E-state index is 13.6. The summed E-state index contributed by atoms with van der Waals surface area (Å²) < 4.78 is 32.8. The van der Waals surface area contributed by atoms with Crippen LogP contribution >= 0.6 is 27.5 Å². The van der Waals surface area contributed by atoms with E-state index in [0.717, 1.165) is 12.1 Å². The first-order chi connectivity index (χ1) is 14.7. The molecule has 0 saturated carbocycles. The molecule has 0 aliphatic rings. The van der Waals surface area contributed by atoms with Crippen molar-refractivity contribution in [3.05, 3.63) is 79.3 Å². The monoisotopic (exact) mass is 507 g/mol. The normalized spacial score (nSPS) is 11.5. The third-order valence-electron chi connectivity index (χ3n) is 4.24. The summed E-state index contributed by atoms with van der Waals surface area (Å²) in [6, 6.07) is 9.09. The predicted molar refractivity (Wildman–Crippen MR) is 114 cm³/mol. The number of phenolic OH excluding ortho intramolecular Hbond substituents is 1. The lowest BCUT2D eigenvalue weighted by Gasteiger charge is -2.01. The number of oxazole rings is 1. The van der Waals surface area contributed by atoms with Gasteiger partial charge in [0.1, 0.15) is 5.52 Å². The van der Waals surface area contributed by atoms with Crippen LogP contribution in [-0.2, 0) is 0 Å². The molecule has 0 bridgehead atoms. The van der Waals surface area contributed by atoms with Crippen LogP contribution in [0.1, 0.15) is 5.56 Å². The molecule has 0 aliphatic carbocycles. The molecule has 0 unspecified atom stereocenters. The molecule has 0 saturated heterocycles. The summed E-state index contributed by atoms with van der Waals surface area (Å²) in [5.74, 6) is -2.69. The lowest BCUT2D eigenvalue weighted by atomic mass is 10.2. The molecule has 4 rings (SSSR count). The highest BCUT2D eigenvalue weighted by Crippen LogP contribution is 2.34. The Hall–Kier alpha value is -3.37. The van der Waals surface area contributed by atoms with E-state index in [1.807, 2.05) is 0 Å². The average molecular weight is 509 g/mol. The van der Waals surface area contributed by atoms with Gasteiger partial charge in [-0.1, -0.05) is 27.5 Å². The second-order valence-corrected chi connectivity index (χ2v) is 7.62. The van der Waals surface area contributed by atoms with Crippen LogP contribution in [0.5, 0.6) is 5.75 Å². The van der Waals surface area contributed by atoms with Crippen LogP contribution in [0.3, 0.4) is 0 Å². The summed E-state index contributed by atoms with van der Waals surface area (Å²) in [7, 11) is 0. The Bertz CT molecular complexity index is 1390. The summed E-state index contributed by atoms with van der Waals surface area (Å²) in [5.41, 5.74) is 0.899. The number of nitro benzene ring substituents is 1. The topological polar surface area (TPSA) is 102 Å². The lowest BCUT2D eigenvalue weighted by molar-refractivity contribution is -0.385. The molecule has 1 heterocycles. The van der Waals surface area contributed by atoms with E-state index >= 15 is 0 Å². The van der Waals surface area contributed by atoms with Gasteiger partial charge in [0.2, 0.25) is 11.6 Å². The molecule has 4 aromatic rings. The second-order valence-electron chi connectivity index (χ2n) is 6.30. The maximum Gasteiger partial charge on any atom is 0.312 e. The Kier molecular flexibility index (Phi) is 5.42. The summed E-state index contributed by atoms with van der Waals surface area (Å²) >= 11 is 9.12. The number of phenols is 1. The Morgan fingerprint density at radius 3 is 2.68 bits per heavy atom. The maximum atomic E-state index is 13.6. The van der Waals surface area contributed by atoms with Gasteiger partial charge in [-0.2, -0.15) is 0 Å². The molecule has 0 aliphatic heterocycles. The Morgan fingerprint density at radius 2 is 1.94 bits per heavy atom. The molecule has 0 fully saturated rings. The second kappa shape index (κ2) is 8.05. The number of benzene rings is 3. The van der Waals surface area contributed by atoms with Crippen LogP contribution in [0.4, 0.5) is 20.2 Å². The largest absolute Gasteiger partial charge is 0.502 e. The smallest absolute Gasteiger partial charge is 0.312 e. The van der Waals surface area contributed by atoms with Gasteiger partial charge in [0.15, 0.2) is 17.2 Å². The van der Waals surface area contributed by atoms with Crippen molar-refractivity contribution in [1.29, 1.82) is 0 Å². The quantitative estimate of drug-likeness (QED) is 0.146. The molecule has 3 aromatic carbocycles. The van der Waals surface area contributed by atoms with E-state index in [2.05, 4.69) is 25.9 Å². The molecule has 31 heavy (non-hydrogen) atoms. The van der Waals surface area contributed by atoms with Crippen LogP contribution in [0.2, 0.25) is 5.02 Å². The van der Waals surface area contributed by atoms with Crippen molar-refractivity contribution in [3.8, 4) is 17.2 Å². The van der Waals surface area contributed by atoms with Crippen LogP contribution in [0, 0.1) is 21.7 Å². The van der Waals surface area contributed by atoms with Crippen molar-refractivity contribution < 1.29 is 23.2 Å². The van der Waals surface area contributed by atoms with Crippen LogP contribution in [0.25, 0.3) is 22.6 Å². The fourth-order valence-electron chi connectivity index (χ4n) is 2.78. The first-order valence-corrected chi connectivity index (χ1v) is 9.66. The van der Waals surface area contributed by atoms with E-state index in [0.29, 0.717) is 21.3 Å². The number of rotatable bonds is 4. The fraction of sp³-hybridized carbons (Fsp3) is 0. The van der Waals surface area contributed by atoms with Crippen LogP contribution in [-0.4, -0.2) is 21.2 Å². The molecule has 11 heteroatoms. The third kappa shape index (κ3) is 4.12. The predicted octanol–water partition coefficient (Wildman–Crippen LogP) is 6.55. The highest BCUT2D eigenvalue weighted by atomic mass is 79.9. The molecule has 0 radical (unpaired) electrons. The van der Waals surface area contributed by atoms with Gasteiger partial charge in [-0.3, -0.25) is 15.1 Å². The van der Waals surface area contributed by atoms with Crippen molar-refractivity contribution in [2.24, 2.45) is 4.99 Å². The zero-order valence-corrected chi connectivity index (χ0v) is 17.5. The number of hydrogen-bond donors (Lipinski definition) is 1. The molecule has 1 N–H and O–H groups in total. The Balaban J connectivity index is 1.70. The summed E-state index contributed by atoms with van der Waals surface area (Å²) in [5, 5.41) is 21.1. The van der Waals surface area contributed by atoms with Gasteiger partial charge in [-0.15, -0.1) is 0 Å². The summed E-state index contributed by atoms with van der Waals surface area (Å²) in [6.07, 6.45) is 1.27. The fourth-order valence-corrected chi connectivity index (χ4v) is 3.48. The number of halogens is 4. The molecule has 7 nitrogen and oxygen atoms in total. The van der Waals surface area contributed by atoms with Crippen molar-refractivity contribution >= 4 is 56.2 Å². The summed E-state index contributed by atoms with van der Waals surface area (Å²) in [6.45, 7) is 0. The van der Waals surface area contributed by atoms with Crippen LogP contribution in [0.15, 0.2) is 56.3 Å². The van der Waals surface area contributed by atoms with Gasteiger partial charge in [-0.05, 0) is 36.4 Å². The highest BCUT2D eigenvalue weighted by molar-refractivity contribution is 9.10. The van der Waals surface area contributed by atoms with Crippen molar-refractivity contribution in [3.63, 3.8) is 0 Å². The molecule has 156 valence electrons. The minimum atomic E-state index is -1.09. The molecule has 0 atom stereocenters. The van der Waals surface area contributed by atoms with Gasteiger partial charge in [0.05, 0.1) is 21.2 Å². The first kappa shape index (κ1) is 20.9. The van der Waals surface area contributed by atoms with Gasteiger partial charge in [0.25, 0.3) is 0 Å². The van der Waals surface area contributed by atoms with Gasteiger partial charge in [-0.25, -0.2) is 13.8 Å². The minimum Gasteiger partial charge on any atom is -0.502 e. The van der Waals surface area contributed by atoms with Crippen molar-refractivity contribution in [1.82, 2.24) is 4.98 Å². The van der Waals surface area contributed by atoms with E-state index < -0.39 is 28.0 Å². The number of hydrogen-bond acceptors (Lipinski definition) is 6. The van der Waals surface area contributed by atoms with Gasteiger partial charge >= 0.3 is 5.69 Å². The SMILES string of the molecule is O=[N+]([O-])c1cc(Br)cc(C=Nc2ccc3oc(-c4cc(F)c(F)cc4Cl)nc3c2)c1O. The van der Waals surface area contributed by atoms with E-state index in [1.165, 1.54) is 18.3 Å². The van der Waals surface area contributed by atoms with E-state index in [4.69, 9.17) is 16.0 Å². The van der Waals surface area contributed by atoms with Gasteiger partial charge < -0.3 is 9.52 Å². The molecule has 0 spiro atoms. The average Bonchev–Trinajstić information content (AvgIpc) is 3.13. The van der Waals surface area contributed by atoms with Crippen molar-refractivity contribution in [2.45, 2.75) is 0 Å². The standard InChI is InChI=1S/C20H9BrClF2N3O4/c21-10-3-9(19(28)17(4-10)27(29)30)8-25-11-1-2-18-16(5-11)26-20(31-18)12-6-14(23)15(24)7-13(12)22/h1-8,28H. The molecule has 1 aromatic heterocycles. The van der Waals surface area contributed by atoms with E-state index in [9.17, 15) is 24.0 Å². The lowest BCUT2D eigenvalue weighted by Crippen LogP contribution is -1.92. The molecular weight excluding hydrogens is 500 g/mol.